The van der Waals surface area contributed by atoms with Crippen LogP contribution in [0.1, 0.15) is 12.5 Å². The van der Waals surface area contributed by atoms with E-state index >= 15 is 0 Å². The Labute approximate surface area is 47.7 Å². The van der Waals surface area contributed by atoms with Crippen molar-refractivity contribution >= 4 is 0 Å². The maximum atomic E-state index is 8.78. The van der Waals surface area contributed by atoms with Crippen LogP contribution < -0.4 is 0 Å². The molecular formula is C6H8O2. The monoisotopic (exact) mass is 112 g/mol. The fourth-order valence-corrected chi connectivity index (χ4v) is 0.597. The Bertz CT molecular complexity index is 167. The maximum Gasteiger partial charge on any atom is 0.285 e. The molecule has 0 aliphatic rings. The van der Waals surface area contributed by atoms with E-state index in [9.17, 15) is 0 Å². The van der Waals surface area contributed by atoms with Crippen molar-refractivity contribution in [2.45, 2.75) is 13.3 Å². The van der Waals surface area contributed by atoms with Crippen LogP contribution in [0.3, 0.4) is 0 Å². The second kappa shape index (κ2) is 1.90. The van der Waals surface area contributed by atoms with Gasteiger partial charge in [0.25, 0.3) is 5.95 Å². The highest BCUT2D eigenvalue weighted by Crippen LogP contribution is 2.16. The predicted octanol–water partition coefficient (Wildman–Crippen LogP) is 1.55. The fourth-order valence-electron chi connectivity index (χ4n) is 0.597. The minimum absolute atomic E-state index is 0.0486. The molecule has 0 unspecified atom stereocenters. The van der Waals surface area contributed by atoms with Crippen molar-refractivity contribution in [3.63, 3.8) is 0 Å². The fraction of sp³-hybridized carbons (Fsp3) is 0.333. The molecule has 0 radical (unpaired) electrons. The van der Waals surface area contributed by atoms with E-state index < -0.39 is 0 Å². The van der Waals surface area contributed by atoms with Gasteiger partial charge in [-0.05, 0) is 12.5 Å². The van der Waals surface area contributed by atoms with Gasteiger partial charge in [-0.2, -0.15) is 0 Å². The molecule has 1 aromatic rings. The zero-order valence-electron chi connectivity index (χ0n) is 4.72. The quantitative estimate of drug-likeness (QED) is 0.597. The van der Waals surface area contributed by atoms with Gasteiger partial charge >= 0.3 is 0 Å². The van der Waals surface area contributed by atoms with Crippen molar-refractivity contribution < 1.29 is 9.52 Å². The average Bonchev–Trinajstić information content (AvgIpc) is 2.14. The van der Waals surface area contributed by atoms with E-state index in [1.54, 1.807) is 6.07 Å². The van der Waals surface area contributed by atoms with Crippen LogP contribution in [-0.4, -0.2) is 5.11 Å². The van der Waals surface area contributed by atoms with Crippen molar-refractivity contribution in [3.05, 3.63) is 17.9 Å². The van der Waals surface area contributed by atoms with Gasteiger partial charge in [-0.1, -0.05) is 6.92 Å². The summed E-state index contributed by atoms with van der Waals surface area (Å²) in [7, 11) is 0. The van der Waals surface area contributed by atoms with Crippen LogP contribution in [0.5, 0.6) is 5.95 Å². The topological polar surface area (TPSA) is 33.4 Å². The third-order valence-corrected chi connectivity index (χ3v) is 1.10. The molecule has 0 spiro atoms. The van der Waals surface area contributed by atoms with Crippen LogP contribution in [0.2, 0.25) is 0 Å². The molecule has 0 bridgehead atoms. The van der Waals surface area contributed by atoms with E-state index in [0.29, 0.717) is 0 Å². The number of hydrogen-bond donors (Lipinski definition) is 1. The zero-order chi connectivity index (χ0) is 5.98. The summed E-state index contributed by atoms with van der Waals surface area (Å²) in [6, 6.07) is 1.76. The van der Waals surface area contributed by atoms with Gasteiger partial charge in [0.1, 0.15) is 0 Å². The first-order chi connectivity index (χ1) is 3.84. The van der Waals surface area contributed by atoms with E-state index in [0.717, 1.165) is 12.0 Å². The lowest BCUT2D eigenvalue weighted by molar-refractivity contribution is 0.328. The maximum absolute atomic E-state index is 8.78. The van der Waals surface area contributed by atoms with E-state index in [-0.39, 0.29) is 5.95 Å². The van der Waals surface area contributed by atoms with E-state index in [2.05, 4.69) is 4.42 Å². The molecule has 1 heterocycles. The van der Waals surface area contributed by atoms with Gasteiger partial charge in [-0.25, -0.2) is 0 Å². The number of aromatic hydroxyl groups is 1. The molecule has 0 atom stereocenters. The molecule has 44 valence electrons. The highest BCUT2D eigenvalue weighted by atomic mass is 16.5. The van der Waals surface area contributed by atoms with Gasteiger partial charge in [0.05, 0.1) is 6.26 Å². The van der Waals surface area contributed by atoms with Crippen LogP contribution in [0, 0.1) is 0 Å². The molecule has 0 aromatic carbocycles. The smallest absolute Gasteiger partial charge is 0.285 e. The van der Waals surface area contributed by atoms with Crippen molar-refractivity contribution in [3.8, 4) is 5.95 Å². The minimum atomic E-state index is 0.0486. The molecular weight excluding hydrogens is 104 g/mol. The van der Waals surface area contributed by atoms with Crippen LogP contribution in [0.4, 0.5) is 0 Å². The molecule has 2 heteroatoms. The molecule has 1 aromatic heterocycles. The average molecular weight is 112 g/mol. The van der Waals surface area contributed by atoms with Gasteiger partial charge in [0.2, 0.25) is 0 Å². The molecule has 1 N–H and O–H groups in total. The van der Waals surface area contributed by atoms with Gasteiger partial charge in [0.15, 0.2) is 0 Å². The lowest BCUT2D eigenvalue weighted by atomic mass is 10.3. The normalized spacial score (nSPS) is 9.62. The molecule has 0 fully saturated rings. The Balaban J connectivity index is 2.92. The van der Waals surface area contributed by atoms with E-state index in [4.69, 9.17) is 5.11 Å². The van der Waals surface area contributed by atoms with E-state index in [1.165, 1.54) is 6.26 Å². The number of rotatable bonds is 1. The van der Waals surface area contributed by atoms with Gasteiger partial charge in [-0.3, -0.25) is 0 Å². The second-order valence-corrected chi connectivity index (χ2v) is 1.60. The molecule has 8 heavy (non-hydrogen) atoms. The highest BCUT2D eigenvalue weighted by molar-refractivity contribution is 5.20. The number of aryl methyl sites for hydroxylation is 1. The standard InChI is InChI=1S/C6H8O2/c1-2-5-3-4-8-6(5)7/h3-4,7H,2H2,1H3. The second-order valence-electron chi connectivity index (χ2n) is 1.60. The van der Waals surface area contributed by atoms with Gasteiger partial charge in [0, 0.05) is 5.56 Å². The molecule has 0 amide bonds. The van der Waals surface area contributed by atoms with Crippen LogP contribution in [-0.2, 0) is 6.42 Å². The highest BCUT2D eigenvalue weighted by Gasteiger charge is 1.97. The summed E-state index contributed by atoms with van der Waals surface area (Å²) in [6.45, 7) is 1.96. The van der Waals surface area contributed by atoms with E-state index in [1.807, 2.05) is 6.92 Å². The number of furan rings is 1. The summed E-state index contributed by atoms with van der Waals surface area (Å²) in [5.74, 6) is 0.0486. The Morgan fingerprint density at radius 2 is 2.50 bits per heavy atom. The van der Waals surface area contributed by atoms with Gasteiger partial charge in [-0.15, -0.1) is 0 Å². The molecule has 1 rings (SSSR count). The van der Waals surface area contributed by atoms with Gasteiger partial charge < -0.3 is 9.52 Å². The van der Waals surface area contributed by atoms with Crippen LogP contribution >= 0.6 is 0 Å². The van der Waals surface area contributed by atoms with Crippen LogP contribution in [0.25, 0.3) is 0 Å². The summed E-state index contributed by atoms with van der Waals surface area (Å²) in [4.78, 5) is 0. The van der Waals surface area contributed by atoms with Crippen molar-refractivity contribution in [1.82, 2.24) is 0 Å². The molecule has 0 saturated carbocycles. The Morgan fingerprint density at radius 3 is 2.75 bits per heavy atom. The third-order valence-electron chi connectivity index (χ3n) is 1.10. The summed E-state index contributed by atoms with van der Waals surface area (Å²) < 4.78 is 4.61. The van der Waals surface area contributed by atoms with Crippen molar-refractivity contribution in [1.29, 1.82) is 0 Å². The molecule has 0 aliphatic carbocycles. The molecule has 2 nitrogen and oxygen atoms in total. The first-order valence-electron chi connectivity index (χ1n) is 2.60. The summed E-state index contributed by atoms with van der Waals surface area (Å²) in [6.07, 6.45) is 2.30. The zero-order valence-corrected chi connectivity index (χ0v) is 4.72. The molecule has 0 aliphatic heterocycles. The third kappa shape index (κ3) is 0.689. The first kappa shape index (κ1) is 5.22. The summed E-state index contributed by atoms with van der Waals surface area (Å²) in [5.41, 5.74) is 0.866. The summed E-state index contributed by atoms with van der Waals surface area (Å²) >= 11 is 0. The lowest BCUT2D eigenvalue weighted by Crippen LogP contribution is -1.70. The predicted molar refractivity (Wildman–Crippen MR) is 29.8 cm³/mol. The largest absolute Gasteiger partial charge is 0.481 e. The summed E-state index contributed by atoms with van der Waals surface area (Å²) in [5, 5.41) is 8.78. The van der Waals surface area contributed by atoms with Crippen LogP contribution in [0.15, 0.2) is 16.7 Å². The minimum Gasteiger partial charge on any atom is -0.481 e. The van der Waals surface area contributed by atoms with Crippen molar-refractivity contribution in [2.24, 2.45) is 0 Å². The Hall–Kier alpha value is -0.920. The SMILES string of the molecule is CCc1ccoc1O. The molecule has 0 saturated heterocycles. The Morgan fingerprint density at radius 1 is 1.75 bits per heavy atom. The van der Waals surface area contributed by atoms with Crippen molar-refractivity contribution in [2.75, 3.05) is 0 Å². The number of hydrogen-bond acceptors (Lipinski definition) is 2. The Kier molecular flexibility index (Phi) is 1.24. The first-order valence-corrected chi connectivity index (χ1v) is 2.60. The lowest BCUT2D eigenvalue weighted by Gasteiger charge is -1.84.